The Morgan fingerprint density at radius 2 is 2.06 bits per heavy atom. The molecule has 36 heavy (non-hydrogen) atoms. The van der Waals surface area contributed by atoms with Gasteiger partial charge < -0.3 is 28.8 Å². The van der Waals surface area contributed by atoms with Crippen LogP contribution in [0.5, 0.6) is 0 Å². The summed E-state index contributed by atoms with van der Waals surface area (Å²) in [5.74, 6) is 0.685. The fourth-order valence-electron chi connectivity index (χ4n) is 6.01. The Hall–Kier alpha value is -1.90. The maximum absolute atomic E-state index is 13.1. The summed E-state index contributed by atoms with van der Waals surface area (Å²) >= 11 is 0. The van der Waals surface area contributed by atoms with Crippen molar-refractivity contribution in [1.82, 2.24) is 14.9 Å². The number of rotatable bonds is 10. The minimum atomic E-state index is -0.437. The molecule has 4 rings (SSSR count). The first-order valence-corrected chi connectivity index (χ1v) is 13.5. The standard InChI is InChI=1S/C28H45N3O5/c1-17(2)9-10-22-27(7,36-22)25-24(33-8)21(11-12-28(25)15-34-28)35-26(32)30-23(19(5)6)20-14-31(16-29-20)13-18(3)4/h9,14,16,18-19,21-25H,10-13,15H2,1-8H3,(H,30,32)/t21-,22-,23+,24-,25-,27+,28+/m1/s1. The third kappa shape index (κ3) is 5.65. The predicted octanol–water partition coefficient (Wildman–Crippen LogP) is 5.04. The Balaban J connectivity index is 1.44. The first kappa shape index (κ1) is 27.1. The van der Waals surface area contributed by atoms with E-state index < -0.39 is 6.09 Å². The number of hydrogen-bond acceptors (Lipinski definition) is 6. The fourth-order valence-corrected chi connectivity index (χ4v) is 6.01. The first-order valence-electron chi connectivity index (χ1n) is 13.5. The molecular weight excluding hydrogens is 458 g/mol. The van der Waals surface area contributed by atoms with Crippen molar-refractivity contribution < 1.29 is 23.7 Å². The third-order valence-electron chi connectivity index (χ3n) is 7.98. The summed E-state index contributed by atoms with van der Waals surface area (Å²) in [6, 6.07) is -0.234. The molecule has 7 atom stereocenters. The van der Waals surface area contributed by atoms with Crippen LogP contribution in [0.3, 0.4) is 0 Å². The number of methoxy groups -OCH3 is 1. The number of alkyl carbamates (subject to hydrolysis) is 1. The van der Waals surface area contributed by atoms with Crippen molar-refractivity contribution in [2.45, 2.75) is 110 Å². The molecule has 8 nitrogen and oxygen atoms in total. The molecule has 1 aromatic heterocycles. The van der Waals surface area contributed by atoms with Crippen LogP contribution in [0.2, 0.25) is 0 Å². The molecule has 3 aliphatic rings. The number of carbonyl (C=O) groups excluding carboxylic acids is 1. The van der Waals surface area contributed by atoms with Crippen molar-refractivity contribution in [3.05, 3.63) is 29.9 Å². The number of imidazole rings is 1. The molecule has 2 aliphatic heterocycles. The van der Waals surface area contributed by atoms with E-state index in [1.807, 2.05) is 12.5 Å². The summed E-state index contributed by atoms with van der Waals surface area (Å²) in [6.45, 7) is 16.5. The highest BCUT2D eigenvalue weighted by Crippen LogP contribution is 2.59. The van der Waals surface area contributed by atoms with Gasteiger partial charge in [-0.2, -0.15) is 0 Å². The zero-order chi connectivity index (χ0) is 26.3. The normalized spacial score (nSPS) is 34.1. The highest BCUT2D eigenvalue weighted by atomic mass is 16.6. The topological polar surface area (TPSA) is 90.4 Å². The Kier molecular flexibility index (Phi) is 7.89. The van der Waals surface area contributed by atoms with E-state index in [1.165, 1.54) is 5.57 Å². The number of nitrogens with one attached hydrogen (secondary N) is 1. The van der Waals surface area contributed by atoms with Crippen LogP contribution < -0.4 is 5.32 Å². The summed E-state index contributed by atoms with van der Waals surface area (Å²) in [7, 11) is 1.70. The molecule has 1 spiro atoms. The van der Waals surface area contributed by atoms with Crippen LogP contribution in [0.15, 0.2) is 24.2 Å². The molecule has 8 heteroatoms. The van der Waals surface area contributed by atoms with Crippen molar-refractivity contribution in [2.75, 3.05) is 13.7 Å². The number of allylic oxidation sites excluding steroid dienone is 1. The summed E-state index contributed by atoms with van der Waals surface area (Å²) in [5, 5.41) is 3.08. The number of carbonyl (C=O) groups is 1. The van der Waals surface area contributed by atoms with Crippen molar-refractivity contribution >= 4 is 6.09 Å². The quantitative estimate of drug-likeness (QED) is 0.355. The lowest BCUT2D eigenvalue weighted by molar-refractivity contribution is -0.118. The van der Waals surface area contributed by atoms with Gasteiger partial charge in [0.05, 0.1) is 36.7 Å². The minimum absolute atomic E-state index is 0.00439. The third-order valence-corrected chi connectivity index (χ3v) is 7.98. The van der Waals surface area contributed by atoms with E-state index in [2.05, 4.69) is 69.4 Å². The number of aromatic nitrogens is 2. The van der Waals surface area contributed by atoms with Gasteiger partial charge in [-0.3, -0.25) is 0 Å². The molecule has 1 N–H and O–H groups in total. The fraction of sp³-hybridized carbons (Fsp3) is 0.786. The predicted molar refractivity (Wildman–Crippen MR) is 138 cm³/mol. The van der Waals surface area contributed by atoms with E-state index in [0.717, 1.165) is 25.1 Å². The number of epoxide rings is 2. The van der Waals surface area contributed by atoms with E-state index in [9.17, 15) is 4.79 Å². The van der Waals surface area contributed by atoms with Crippen LogP contribution in [0, 0.1) is 17.8 Å². The van der Waals surface area contributed by atoms with Gasteiger partial charge in [0.25, 0.3) is 0 Å². The summed E-state index contributed by atoms with van der Waals surface area (Å²) in [5.41, 5.74) is 1.53. The average molecular weight is 504 g/mol. The Morgan fingerprint density at radius 1 is 1.33 bits per heavy atom. The lowest BCUT2D eigenvalue weighted by Crippen LogP contribution is -2.56. The molecule has 0 radical (unpaired) electrons. The SMILES string of the molecule is CO[C@@H]1[C@H](OC(=O)N[C@H](c2cn(CC(C)C)cn2)C(C)C)CC[C@]2(CO2)[C@H]1[C@@]1(C)O[C@@H]1CC=C(C)C. The van der Waals surface area contributed by atoms with Crippen LogP contribution in [-0.2, 0) is 25.5 Å². The highest BCUT2D eigenvalue weighted by molar-refractivity contribution is 5.68. The summed E-state index contributed by atoms with van der Waals surface area (Å²) < 4.78 is 26.4. The second-order valence-corrected chi connectivity index (χ2v) is 12.1. The molecule has 3 fully saturated rings. The number of nitrogens with zero attached hydrogens (tertiary/aromatic N) is 2. The van der Waals surface area contributed by atoms with Crippen LogP contribution in [0.25, 0.3) is 0 Å². The molecule has 0 unspecified atom stereocenters. The monoisotopic (exact) mass is 503 g/mol. The van der Waals surface area contributed by atoms with Gasteiger partial charge in [0.2, 0.25) is 0 Å². The van der Waals surface area contributed by atoms with Gasteiger partial charge in [0.15, 0.2) is 0 Å². The van der Waals surface area contributed by atoms with Crippen LogP contribution in [-0.4, -0.2) is 58.9 Å². The largest absolute Gasteiger partial charge is 0.443 e. The van der Waals surface area contributed by atoms with Gasteiger partial charge in [-0.25, -0.2) is 9.78 Å². The molecule has 202 valence electrons. The first-order chi connectivity index (χ1) is 17.0. The molecule has 2 saturated heterocycles. The van der Waals surface area contributed by atoms with Crippen molar-refractivity contribution in [3.63, 3.8) is 0 Å². The minimum Gasteiger partial charge on any atom is -0.443 e. The van der Waals surface area contributed by atoms with Crippen LogP contribution in [0.1, 0.15) is 79.5 Å². The Bertz CT molecular complexity index is 949. The van der Waals surface area contributed by atoms with E-state index in [4.69, 9.17) is 18.9 Å². The van der Waals surface area contributed by atoms with Gasteiger partial charge in [-0.15, -0.1) is 0 Å². The van der Waals surface area contributed by atoms with Crippen molar-refractivity contribution in [1.29, 1.82) is 0 Å². The smallest absolute Gasteiger partial charge is 0.408 e. The van der Waals surface area contributed by atoms with Gasteiger partial charge in [0.1, 0.15) is 23.4 Å². The van der Waals surface area contributed by atoms with Crippen LogP contribution in [0.4, 0.5) is 4.79 Å². The van der Waals surface area contributed by atoms with Gasteiger partial charge in [0, 0.05) is 19.9 Å². The zero-order valence-corrected chi connectivity index (χ0v) is 23.2. The van der Waals surface area contributed by atoms with Gasteiger partial charge in [-0.1, -0.05) is 39.3 Å². The Labute approximate surface area is 216 Å². The lowest BCUT2D eigenvalue weighted by Gasteiger charge is -2.42. The summed E-state index contributed by atoms with van der Waals surface area (Å²) in [6.07, 6.45) is 7.49. The van der Waals surface area contributed by atoms with Gasteiger partial charge >= 0.3 is 6.09 Å². The number of amides is 1. The van der Waals surface area contributed by atoms with E-state index in [0.29, 0.717) is 18.9 Å². The van der Waals surface area contributed by atoms with Crippen molar-refractivity contribution in [2.24, 2.45) is 17.8 Å². The lowest BCUT2D eigenvalue weighted by atomic mass is 9.68. The van der Waals surface area contributed by atoms with Crippen LogP contribution >= 0.6 is 0 Å². The Morgan fingerprint density at radius 3 is 2.64 bits per heavy atom. The highest BCUT2D eigenvalue weighted by Gasteiger charge is 2.72. The summed E-state index contributed by atoms with van der Waals surface area (Å²) in [4.78, 5) is 17.7. The zero-order valence-electron chi connectivity index (χ0n) is 23.2. The molecule has 0 aromatic carbocycles. The van der Waals surface area contributed by atoms with E-state index in [-0.39, 0.29) is 47.4 Å². The van der Waals surface area contributed by atoms with Crippen molar-refractivity contribution in [3.8, 4) is 0 Å². The molecule has 1 aromatic rings. The number of ether oxygens (including phenoxy) is 4. The maximum atomic E-state index is 13.1. The number of hydrogen-bond donors (Lipinski definition) is 1. The van der Waals surface area contributed by atoms with E-state index >= 15 is 0 Å². The maximum Gasteiger partial charge on any atom is 0.408 e. The molecular formula is C28H45N3O5. The van der Waals surface area contributed by atoms with Gasteiger partial charge in [-0.05, 0) is 51.9 Å². The molecule has 0 bridgehead atoms. The second-order valence-electron chi connectivity index (χ2n) is 12.1. The molecule has 1 saturated carbocycles. The molecule has 3 heterocycles. The van der Waals surface area contributed by atoms with E-state index in [1.54, 1.807) is 7.11 Å². The molecule has 1 amide bonds. The molecule has 1 aliphatic carbocycles. The second kappa shape index (κ2) is 10.5. The average Bonchev–Trinajstić information content (AvgIpc) is 3.66.